The maximum Gasteiger partial charge on any atom is 0.317 e. The van der Waals surface area contributed by atoms with Crippen LogP contribution < -0.4 is 5.32 Å². The van der Waals surface area contributed by atoms with Crippen LogP contribution in [0.3, 0.4) is 0 Å². The van der Waals surface area contributed by atoms with E-state index in [0.29, 0.717) is 25.4 Å². The first-order chi connectivity index (χ1) is 14.4. The predicted molar refractivity (Wildman–Crippen MR) is 114 cm³/mol. The highest BCUT2D eigenvalue weighted by atomic mass is 19.1. The fraction of sp³-hybridized carbons (Fsp3) is 0.478. The predicted octanol–water partition coefficient (Wildman–Crippen LogP) is 4.48. The molecule has 0 radical (unpaired) electrons. The van der Waals surface area contributed by atoms with Gasteiger partial charge in [0.15, 0.2) is 0 Å². The SMILES string of the molecule is CCCCNC(=O)N(CCC)CC(=O)N(Cc1ccc(F)cc1)Cc1ccc(C)o1. The Morgan fingerprint density at radius 1 is 1.00 bits per heavy atom. The summed E-state index contributed by atoms with van der Waals surface area (Å²) in [4.78, 5) is 28.8. The normalized spacial score (nSPS) is 10.7. The maximum atomic E-state index is 13.3. The zero-order valence-electron chi connectivity index (χ0n) is 18.1. The molecule has 30 heavy (non-hydrogen) atoms. The second kappa shape index (κ2) is 12.0. The number of rotatable bonds is 11. The molecule has 1 aromatic heterocycles. The lowest BCUT2D eigenvalue weighted by molar-refractivity contribution is -0.133. The third-order valence-electron chi connectivity index (χ3n) is 4.70. The van der Waals surface area contributed by atoms with Gasteiger partial charge in [-0.05, 0) is 49.6 Å². The number of amides is 3. The van der Waals surface area contributed by atoms with Crippen LogP contribution in [0.4, 0.5) is 9.18 Å². The van der Waals surface area contributed by atoms with Gasteiger partial charge >= 0.3 is 6.03 Å². The van der Waals surface area contributed by atoms with Gasteiger partial charge in [-0.2, -0.15) is 0 Å². The van der Waals surface area contributed by atoms with Crippen molar-refractivity contribution in [3.63, 3.8) is 0 Å². The number of nitrogens with zero attached hydrogens (tertiary/aromatic N) is 2. The average Bonchev–Trinajstić information content (AvgIpc) is 3.13. The number of nitrogens with one attached hydrogen (secondary N) is 1. The molecular formula is C23H32FN3O3. The molecular weight excluding hydrogens is 385 g/mol. The number of unbranched alkanes of at least 4 members (excludes halogenated alkanes) is 1. The minimum absolute atomic E-state index is 0.0211. The number of carbonyl (C=O) groups is 2. The van der Waals surface area contributed by atoms with Crippen molar-refractivity contribution in [1.82, 2.24) is 15.1 Å². The van der Waals surface area contributed by atoms with Gasteiger partial charge in [0.05, 0.1) is 6.54 Å². The van der Waals surface area contributed by atoms with Gasteiger partial charge in [0.2, 0.25) is 5.91 Å². The molecule has 2 rings (SSSR count). The molecule has 164 valence electrons. The third-order valence-corrected chi connectivity index (χ3v) is 4.70. The van der Waals surface area contributed by atoms with E-state index in [0.717, 1.165) is 30.6 Å². The van der Waals surface area contributed by atoms with E-state index in [9.17, 15) is 14.0 Å². The van der Waals surface area contributed by atoms with Crippen LogP contribution in [0.1, 0.15) is 50.2 Å². The van der Waals surface area contributed by atoms with Crippen molar-refractivity contribution in [3.05, 3.63) is 59.3 Å². The molecule has 0 fully saturated rings. The van der Waals surface area contributed by atoms with Crippen LogP contribution in [0.2, 0.25) is 0 Å². The molecule has 1 heterocycles. The Hall–Kier alpha value is -2.83. The standard InChI is InChI=1S/C23H32FN3O3/c1-4-6-13-25-23(29)26(14-5-2)17-22(28)27(16-21-12-7-18(3)30-21)15-19-8-10-20(24)11-9-19/h7-12H,4-6,13-17H2,1-3H3,(H,25,29). The molecule has 7 heteroatoms. The average molecular weight is 418 g/mol. The molecule has 2 aromatic rings. The van der Waals surface area contributed by atoms with Crippen molar-refractivity contribution in [3.8, 4) is 0 Å². The Kier molecular flexibility index (Phi) is 9.38. The van der Waals surface area contributed by atoms with Crippen molar-refractivity contribution >= 4 is 11.9 Å². The van der Waals surface area contributed by atoms with Gasteiger partial charge in [0.25, 0.3) is 0 Å². The Morgan fingerprint density at radius 3 is 2.33 bits per heavy atom. The van der Waals surface area contributed by atoms with E-state index >= 15 is 0 Å². The van der Waals surface area contributed by atoms with E-state index in [-0.39, 0.29) is 30.8 Å². The molecule has 0 aliphatic rings. The number of hydrogen-bond acceptors (Lipinski definition) is 3. The number of halogens is 1. The van der Waals surface area contributed by atoms with Crippen molar-refractivity contribution in [2.75, 3.05) is 19.6 Å². The highest BCUT2D eigenvalue weighted by Gasteiger charge is 2.22. The molecule has 0 spiro atoms. The number of hydrogen-bond donors (Lipinski definition) is 1. The lowest BCUT2D eigenvalue weighted by Crippen LogP contribution is -2.47. The van der Waals surface area contributed by atoms with Crippen LogP contribution in [0.25, 0.3) is 0 Å². The first kappa shape index (κ1) is 23.4. The van der Waals surface area contributed by atoms with Crippen molar-refractivity contribution in [2.24, 2.45) is 0 Å². The number of furan rings is 1. The summed E-state index contributed by atoms with van der Waals surface area (Å²) < 4.78 is 18.9. The Balaban J connectivity index is 2.12. The van der Waals surface area contributed by atoms with E-state index in [1.165, 1.54) is 12.1 Å². The minimum atomic E-state index is -0.323. The van der Waals surface area contributed by atoms with Gasteiger partial charge in [-0.25, -0.2) is 9.18 Å². The zero-order valence-corrected chi connectivity index (χ0v) is 18.1. The lowest BCUT2D eigenvalue weighted by atomic mass is 10.2. The monoisotopic (exact) mass is 417 g/mol. The fourth-order valence-electron chi connectivity index (χ4n) is 3.07. The Bertz CT molecular complexity index is 804. The topological polar surface area (TPSA) is 65.8 Å². The second-order valence-electron chi connectivity index (χ2n) is 7.40. The summed E-state index contributed by atoms with van der Waals surface area (Å²) in [5.41, 5.74) is 0.808. The van der Waals surface area contributed by atoms with Crippen LogP contribution in [0.5, 0.6) is 0 Å². The number of aryl methyl sites for hydroxylation is 1. The molecule has 0 unspecified atom stereocenters. The van der Waals surface area contributed by atoms with E-state index in [2.05, 4.69) is 12.2 Å². The third kappa shape index (κ3) is 7.54. The van der Waals surface area contributed by atoms with Gasteiger partial charge in [-0.3, -0.25) is 4.79 Å². The Morgan fingerprint density at radius 2 is 1.73 bits per heavy atom. The molecule has 6 nitrogen and oxygen atoms in total. The van der Waals surface area contributed by atoms with E-state index in [1.54, 1.807) is 21.9 Å². The lowest BCUT2D eigenvalue weighted by Gasteiger charge is -2.27. The summed E-state index contributed by atoms with van der Waals surface area (Å²) in [5.74, 6) is 0.920. The highest BCUT2D eigenvalue weighted by molar-refractivity contribution is 5.84. The van der Waals surface area contributed by atoms with Gasteiger partial charge in [0, 0.05) is 19.6 Å². The second-order valence-corrected chi connectivity index (χ2v) is 7.40. The van der Waals surface area contributed by atoms with Crippen LogP contribution in [-0.2, 0) is 17.9 Å². The van der Waals surface area contributed by atoms with E-state index < -0.39 is 0 Å². The smallest absolute Gasteiger partial charge is 0.317 e. The van der Waals surface area contributed by atoms with E-state index in [4.69, 9.17) is 4.42 Å². The van der Waals surface area contributed by atoms with Crippen LogP contribution >= 0.6 is 0 Å². The first-order valence-corrected chi connectivity index (χ1v) is 10.5. The number of urea groups is 1. The minimum Gasteiger partial charge on any atom is -0.464 e. The van der Waals surface area contributed by atoms with Gasteiger partial charge in [0.1, 0.15) is 23.9 Å². The van der Waals surface area contributed by atoms with Crippen LogP contribution in [0, 0.1) is 12.7 Å². The van der Waals surface area contributed by atoms with Crippen molar-refractivity contribution in [2.45, 2.75) is 53.1 Å². The summed E-state index contributed by atoms with van der Waals surface area (Å²) in [7, 11) is 0. The molecule has 3 amide bonds. The quantitative estimate of drug-likeness (QED) is 0.548. The summed E-state index contributed by atoms with van der Waals surface area (Å²) in [6.07, 6.45) is 2.64. The molecule has 0 bridgehead atoms. The van der Waals surface area contributed by atoms with Crippen molar-refractivity contribution in [1.29, 1.82) is 0 Å². The van der Waals surface area contributed by atoms with Gasteiger partial charge in [-0.1, -0.05) is 32.4 Å². The van der Waals surface area contributed by atoms with E-state index in [1.807, 2.05) is 26.0 Å². The molecule has 0 saturated carbocycles. The Labute approximate surface area is 178 Å². The van der Waals surface area contributed by atoms with Crippen molar-refractivity contribution < 1.29 is 18.4 Å². The number of benzene rings is 1. The van der Waals surface area contributed by atoms with Gasteiger partial charge in [-0.15, -0.1) is 0 Å². The highest BCUT2D eigenvalue weighted by Crippen LogP contribution is 2.14. The molecule has 0 saturated heterocycles. The molecule has 0 aliphatic heterocycles. The first-order valence-electron chi connectivity index (χ1n) is 10.5. The zero-order chi connectivity index (χ0) is 21.9. The summed E-state index contributed by atoms with van der Waals surface area (Å²) in [5, 5.41) is 2.88. The summed E-state index contributed by atoms with van der Waals surface area (Å²) in [6.45, 7) is 7.52. The van der Waals surface area contributed by atoms with Gasteiger partial charge < -0.3 is 19.5 Å². The van der Waals surface area contributed by atoms with Crippen LogP contribution in [-0.4, -0.2) is 41.4 Å². The summed E-state index contributed by atoms with van der Waals surface area (Å²) in [6, 6.07) is 9.52. The fourth-order valence-corrected chi connectivity index (χ4v) is 3.07. The molecule has 0 aliphatic carbocycles. The largest absolute Gasteiger partial charge is 0.464 e. The van der Waals surface area contributed by atoms with Crippen LogP contribution in [0.15, 0.2) is 40.8 Å². The number of carbonyl (C=O) groups excluding carboxylic acids is 2. The summed E-state index contributed by atoms with van der Waals surface area (Å²) >= 11 is 0. The maximum absolute atomic E-state index is 13.3. The molecule has 1 aromatic carbocycles. The molecule has 0 atom stereocenters. The molecule has 1 N–H and O–H groups in total.